The van der Waals surface area contributed by atoms with Gasteiger partial charge in [0.05, 0.1) is 32.8 Å². The summed E-state index contributed by atoms with van der Waals surface area (Å²) in [6.07, 6.45) is 0. The molecule has 9 heteroatoms. The van der Waals surface area contributed by atoms with Crippen molar-refractivity contribution >= 4 is 35.2 Å². The van der Waals surface area contributed by atoms with Crippen LogP contribution < -0.4 is 14.4 Å². The Morgan fingerprint density at radius 2 is 1.74 bits per heavy atom. The van der Waals surface area contributed by atoms with E-state index in [0.717, 1.165) is 10.5 Å². The van der Waals surface area contributed by atoms with Gasteiger partial charge in [0.2, 0.25) is 11.8 Å². The van der Waals surface area contributed by atoms with Gasteiger partial charge in [-0.3, -0.25) is 14.4 Å². The summed E-state index contributed by atoms with van der Waals surface area (Å²) < 4.78 is 15.3. The van der Waals surface area contributed by atoms with Gasteiger partial charge in [0.25, 0.3) is 0 Å². The zero-order valence-electron chi connectivity index (χ0n) is 17.6. The summed E-state index contributed by atoms with van der Waals surface area (Å²) in [5, 5.41) is 0. The maximum Gasteiger partial charge on any atom is 0.325 e. The van der Waals surface area contributed by atoms with Crippen LogP contribution in [0.15, 0.2) is 47.4 Å². The van der Waals surface area contributed by atoms with Gasteiger partial charge < -0.3 is 24.0 Å². The van der Waals surface area contributed by atoms with Gasteiger partial charge in [-0.1, -0.05) is 12.1 Å². The van der Waals surface area contributed by atoms with Crippen LogP contribution in [0, 0.1) is 0 Å². The molecule has 0 bridgehead atoms. The molecule has 1 aliphatic rings. The van der Waals surface area contributed by atoms with Crippen LogP contribution in [0.25, 0.3) is 0 Å². The molecule has 0 spiro atoms. The van der Waals surface area contributed by atoms with Crippen LogP contribution in [-0.2, 0) is 25.7 Å². The van der Waals surface area contributed by atoms with Gasteiger partial charge in [-0.25, -0.2) is 0 Å². The zero-order valence-corrected chi connectivity index (χ0v) is 18.4. The molecule has 1 aliphatic heterocycles. The second-order valence-corrected chi connectivity index (χ2v) is 7.80. The van der Waals surface area contributed by atoms with Gasteiger partial charge in [-0.05, 0) is 29.8 Å². The second-order valence-electron chi connectivity index (χ2n) is 6.78. The van der Waals surface area contributed by atoms with E-state index in [1.54, 1.807) is 18.2 Å². The Balaban J connectivity index is 1.84. The third kappa shape index (κ3) is 5.49. The fraction of sp³-hybridized carbons (Fsp3) is 0.318. The van der Waals surface area contributed by atoms with Gasteiger partial charge in [0, 0.05) is 17.5 Å². The lowest BCUT2D eigenvalue weighted by Crippen LogP contribution is -2.46. The van der Waals surface area contributed by atoms with Crippen molar-refractivity contribution in [2.75, 3.05) is 45.1 Å². The summed E-state index contributed by atoms with van der Waals surface area (Å²) in [6.45, 7) is -0.290. The minimum absolute atomic E-state index is 0.125. The standard InChI is InChI=1S/C22H24N2O6S/c1-28-16-8-15(9-17(10-16)29-2)11-23(13-22(27)30-3)20(25)12-24-18-6-4-5-7-19(18)31-14-21(24)26/h4-10H,11-14H2,1-3H3. The number of carbonyl (C=O) groups excluding carboxylic acids is 3. The van der Waals surface area contributed by atoms with Crippen LogP contribution in [0.3, 0.4) is 0 Å². The van der Waals surface area contributed by atoms with E-state index >= 15 is 0 Å². The van der Waals surface area contributed by atoms with Crippen LogP contribution in [0.4, 0.5) is 5.69 Å². The minimum atomic E-state index is -0.552. The second kappa shape index (κ2) is 10.2. The van der Waals surface area contributed by atoms with Crippen molar-refractivity contribution in [3.05, 3.63) is 48.0 Å². The number of benzene rings is 2. The van der Waals surface area contributed by atoms with E-state index in [9.17, 15) is 14.4 Å². The maximum absolute atomic E-state index is 13.2. The summed E-state index contributed by atoms with van der Waals surface area (Å²) in [5.74, 6) is 0.312. The van der Waals surface area contributed by atoms with Gasteiger partial charge >= 0.3 is 5.97 Å². The topological polar surface area (TPSA) is 85.4 Å². The molecule has 0 aliphatic carbocycles. The smallest absolute Gasteiger partial charge is 0.325 e. The lowest BCUT2D eigenvalue weighted by atomic mass is 10.1. The molecule has 0 fully saturated rings. The SMILES string of the molecule is COC(=O)CN(Cc1cc(OC)cc(OC)c1)C(=O)CN1C(=O)CSc2ccccc21. The predicted octanol–water partition coefficient (Wildman–Crippen LogP) is 2.34. The molecule has 0 atom stereocenters. The average Bonchev–Trinajstić information content (AvgIpc) is 2.79. The third-order valence-corrected chi connectivity index (χ3v) is 5.83. The van der Waals surface area contributed by atoms with E-state index in [1.165, 1.54) is 42.9 Å². The minimum Gasteiger partial charge on any atom is -0.497 e. The van der Waals surface area contributed by atoms with Crippen molar-refractivity contribution < 1.29 is 28.6 Å². The average molecular weight is 445 g/mol. The molecule has 0 N–H and O–H groups in total. The zero-order chi connectivity index (χ0) is 22.4. The fourth-order valence-electron chi connectivity index (χ4n) is 3.19. The van der Waals surface area contributed by atoms with E-state index in [1.807, 2.05) is 24.3 Å². The number of anilines is 1. The molecule has 0 radical (unpaired) electrons. The van der Waals surface area contributed by atoms with Gasteiger partial charge in [0.1, 0.15) is 24.6 Å². The monoisotopic (exact) mass is 444 g/mol. The van der Waals surface area contributed by atoms with Crippen LogP contribution in [0.5, 0.6) is 11.5 Å². The fourth-order valence-corrected chi connectivity index (χ4v) is 4.13. The largest absolute Gasteiger partial charge is 0.497 e. The number of carbonyl (C=O) groups is 3. The molecule has 8 nitrogen and oxygen atoms in total. The van der Waals surface area contributed by atoms with E-state index in [2.05, 4.69) is 0 Å². The Bertz CT molecular complexity index is 958. The number of nitrogens with zero attached hydrogens (tertiary/aromatic N) is 2. The molecule has 2 aromatic rings. The molecule has 164 valence electrons. The highest BCUT2D eigenvalue weighted by atomic mass is 32.2. The summed E-state index contributed by atoms with van der Waals surface area (Å²) in [6, 6.07) is 12.7. The van der Waals surface area contributed by atoms with Gasteiger partial charge in [0.15, 0.2) is 0 Å². The van der Waals surface area contributed by atoms with Crippen molar-refractivity contribution in [3.63, 3.8) is 0 Å². The number of para-hydroxylation sites is 1. The first-order valence-corrected chi connectivity index (χ1v) is 10.5. The highest BCUT2D eigenvalue weighted by Crippen LogP contribution is 2.34. The molecule has 31 heavy (non-hydrogen) atoms. The number of fused-ring (bicyclic) bond motifs is 1. The van der Waals surface area contributed by atoms with E-state index < -0.39 is 5.97 Å². The van der Waals surface area contributed by atoms with Crippen LogP contribution in [0.1, 0.15) is 5.56 Å². The molecular formula is C22H24N2O6S. The number of hydrogen-bond donors (Lipinski definition) is 0. The maximum atomic E-state index is 13.2. The van der Waals surface area contributed by atoms with Gasteiger partial charge in [-0.15, -0.1) is 11.8 Å². The first-order valence-electron chi connectivity index (χ1n) is 9.54. The lowest BCUT2D eigenvalue weighted by molar-refractivity contribution is -0.147. The molecule has 0 aromatic heterocycles. The number of rotatable bonds is 8. The molecule has 2 aromatic carbocycles. The number of esters is 1. The Morgan fingerprint density at radius 1 is 1.06 bits per heavy atom. The number of thioether (sulfide) groups is 1. The number of ether oxygens (including phenoxy) is 3. The normalized spacial score (nSPS) is 12.7. The highest BCUT2D eigenvalue weighted by molar-refractivity contribution is 8.00. The van der Waals surface area contributed by atoms with Crippen molar-refractivity contribution in [1.82, 2.24) is 4.90 Å². The summed E-state index contributed by atoms with van der Waals surface area (Å²) in [4.78, 5) is 41.4. The molecule has 0 saturated carbocycles. The Labute approximate surface area is 185 Å². The van der Waals surface area contributed by atoms with Crippen molar-refractivity contribution in [1.29, 1.82) is 0 Å². The molecular weight excluding hydrogens is 420 g/mol. The lowest BCUT2D eigenvalue weighted by Gasteiger charge is -2.31. The third-order valence-electron chi connectivity index (χ3n) is 4.79. The number of hydrogen-bond acceptors (Lipinski definition) is 7. The van der Waals surface area contributed by atoms with Crippen LogP contribution >= 0.6 is 11.8 Å². The Kier molecular flexibility index (Phi) is 7.41. The highest BCUT2D eigenvalue weighted by Gasteiger charge is 2.29. The van der Waals surface area contributed by atoms with Crippen molar-refractivity contribution in [3.8, 4) is 11.5 Å². The quantitative estimate of drug-likeness (QED) is 0.578. The van der Waals surface area contributed by atoms with Crippen molar-refractivity contribution in [2.24, 2.45) is 0 Å². The van der Waals surface area contributed by atoms with E-state index in [4.69, 9.17) is 14.2 Å². The summed E-state index contributed by atoms with van der Waals surface area (Å²) in [5.41, 5.74) is 1.41. The predicted molar refractivity (Wildman–Crippen MR) is 116 cm³/mol. The van der Waals surface area contributed by atoms with Crippen molar-refractivity contribution in [2.45, 2.75) is 11.4 Å². The molecule has 3 rings (SSSR count). The summed E-state index contributed by atoms with van der Waals surface area (Å²) in [7, 11) is 4.34. The number of methoxy groups -OCH3 is 3. The molecule has 1 heterocycles. The summed E-state index contributed by atoms with van der Waals surface area (Å²) >= 11 is 1.44. The first-order chi connectivity index (χ1) is 14.9. The van der Waals surface area contributed by atoms with Gasteiger partial charge in [-0.2, -0.15) is 0 Å². The van der Waals surface area contributed by atoms with E-state index in [0.29, 0.717) is 17.2 Å². The Hall–Kier alpha value is -3.20. The number of amides is 2. The Morgan fingerprint density at radius 3 is 2.39 bits per heavy atom. The molecule has 2 amide bonds. The van der Waals surface area contributed by atoms with E-state index in [-0.39, 0.29) is 37.2 Å². The first kappa shape index (κ1) is 22.5. The van der Waals surface area contributed by atoms with Crippen LogP contribution in [-0.4, -0.2) is 62.9 Å². The van der Waals surface area contributed by atoms with Crippen LogP contribution in [0.2, 0.25) is 0 Å². The molecule has 0 saturated heterocycles. The molecule has 0 unspecified atom stereocenters.